The van der Waals surface area contributed by atoms with E-state index in [0.717, 1.165) is 16.1 Å². The second-order valence-corrected chi connectivity index (χ2v) is 6.87. The lowest BCUT2D eigenvalue weighted by atomic mass is 9.89. The third-order valence-electron chi connectivity index (χ3n) is 4.18. The van der Waals surface area contributed by atoms with Gasteiger partial charge in [-0.2, -0.15) is 0 Å². The third kappa shape index (κ3) is 3.79. The number of anilines is 1. The van der Waals surface area contributed by atoms with Crippen LogP contribution in [0.3, 0.4) is 0 Å². The molecule has 2 amide bonds. The summed E-state index contributed by atoms with van der Waals surface area (Å²) < 4.78 is 0. The standard InChI is InChI=1S/C18H20N2O2S/c1-12(16-7-4-10-23-16)19-17(21)9-8-14-11-13-5-2-3-6-15(13)20-18(14)22/h2-7,10,12,14H,8-9,11H2,1H3,(H,19,21)(H,20,22). The van der Waals surface area contributed by atoms with Crippen LogP contribution in [0, 0.1) is 5.92 Å². The SMILES string of the molecule is CC(NC(=O)CCC1Cc2ccccc2NC1=O)c1cccs1. The number of amides is 2. The van der Waals surface area contributed by atoms with Crippen LogP contribution < -0.4 is 10.6 Å². The first-order valence-electron chi connectivity index (χ1n) is 7.85. The summed E-state index contributed by atoms with van der Waals surface area (Å²) in [5.41, 5.74) is 2.04. The molecule has 0 bridgehead atoms. The summed E-state index contributed by atoms with van der Waals surface area (Å²) in [4.78, 5) is 25.4. The molecule has 1 aromatic heterocycles. The molecule has 3 rings (SSSR count). The van der Waals surface area contributed by atoms with Gasteiger partial charge < -0.3 is 10.6 Å². The Labute approximate surface area is 139 Å². The molecule has 2 aromatic rings. The van der Waals surface area contributed by atoms with Crippen molar-refractivity contribution in [1.82, 2.24) is 5.32 Å². The van der Waals surface area contributed by atoms with E-state index in [9.17, 15) is 9.59 Å². The molecular weight excluding hydrogens is 308 g/mol. The maximum absolute atomic E-state index is 12.1. The minimum Gasteiger partial charge on any atom is -0.349 e. The van der Waals surface area contributed by atoms with Crippen LogP contribution in [-0.2, 0) is 16.0 Å². The summed E-state index contributed by atoms with van der Waals surface area (Å²) >= 11 is 1.63. The van der Waals surface area contributed by atoms with Crippen molar-refractivity contribution in [3.8, 4) is 0 Å². The van der Waals surface area contributed by atoms with Crippen molar-refractivity contribution in [1.29, 1.82) is 0 Å². The van der Waals surface area contributed by atoms with Gasteiger partial charge in [0, 0.05) is 22.9 Å². The van der Waals surface area contributed by atoms with E-state index in [1.165, 1.54) is 0 Å². The summed E-state index contributed by atoms with van der Waals surface area (Å²) in [6.45, 7) is 1.98. The van der Waals surface area contributed by atoms with Crippen LogP contribution in [0.4, 0.5) is 5.69 Å². The zero-order valence-electron chi connectivity index (χ0n) is 13.0. The lowest BCUT2D eigenvalue weighted by Gasteiger charge is -2.24. The van der Waals surface area contributed by atoms with Crippen LogP contribution in [0.2, 0.25) is 0 Å². The monoisotopic (exact) mass is 328 g/mol. The fourth-order valence-electron chi connectivity index (χ4n) is 2.87. The molecule has 120 valence electrons. The number of rotatable bonds is 5. The van der Waals surface area contributed by atoms with Gasteiger partial charge in [0.2, 0.25) is 11.8 Å². The van der Waals surface area contributed by atoms with Gasteiger partial charge in [-0.1, -0.05) is 24.3 Å². The van der Waals surface area contributed by atoms with Gasteiger partial charge in [-0.3, -0.25) is 9.59 Å². The van der Waals surface area contributed by atoms with Gasteiger partial charge in [0.25, 0.3) is 0 Å². The predicted molar refractivity (Wildman–Crippen MR) is 92.4 cm³/mol. The molecule has 1 aliphatic rings. The van der Waals surface area contributed by atoms with E-state index in [0.29, 0.717) is 19.3 Å². The fraction of sp³-hybridized carbons (Fsp3) is 0.333. The number of benzene rings is 1. The minimum absolute atomic E-state index is 0.00226. The largest absolute Gasteiger partial charge is 0.349 e. The van der Waals surface area contributed by atoms with Crippen molar-refractivity contribution in [2.24, 2.45) is 5.92 Å². The van der Waals surface area contributed by atoms with Crippen LogP contribution in [0.1, 0.15) is 36.2 Å². The van der Waals surface area contributed by atoms with E-state index in [2.05, 4.69) is 10.6 Å². The maximum Gasteiger partial charge on any atom is 0.227 e. The van der Waals surface area contributed by atoms with E-state index in [1.54, 1.807) is 11.3 Å². The Balaban J connectivity index is 1.52. The van der Waals surface area contributed by atoms with Gasteiger partial charge in [-0.05, 0) is 42.8 Å². The Morgan fingerprint density at radius 3 is 2.96 bits per heavy atom. The van der Waals surface area contributed by atoms with Crippen LogP contribution in [0.25, 0.3) is 0 Å². The molecule has 0 radical (unpaired) electrons. The van der Waals surface area contributed by atoms with Gasteiger partial charge in [-0.15, -0.1) is 11.3 Å². The van der Waals surface area contributed by atoms with E-state index >= 15 is 0 Å². The van der Waals surface area contributed by atoms with Crippen molar-refractivity contribution in [3.63, 3.8) is 0 Å². The van der Waals surface area contributed by atoms with Crippen molar-refractivity contribution in [2.45, 2.75) is 32.2 Å². The topological polar surface area (TPSA) is 58.2 Å². The highest BCUT2D eigenvalue weighted by atomic mass is 32.1. The van der Waals surface area contributed by atoms with Crippen LogP contribution in [-0.4, -0.2) is 11.8 Å². The molecule has 2 unspecified atom stereocenters. The number of hydrogen-bond acceptors (Lipinski definition) is 3. The number of fused-ring (bicyclic) bond motifs is 1. The number of carbonyl (C=O) groups excluding carboxylic acids is 2. The Kier molecular flexibility index (Phi) is 4.76. The molecule has 2 heterocycles. The lowest BCUT2D eigenvalue weighted by Crippen LogP contribution is -2.32. The third-order valence-corrected chi connectivity index (χ3v) is 5.23. The molecule has 5 heteroatoms. The first-order chi connectivity index (χ1) is 11.1. The number of nitrogens with one attached hydrogen (secondary N) is 2. The molecular formula is C18H20N2O2S. The Bertz CT molecular complexity index is 697. The second-order valence-electron chi connectivity index (χ2n) is 5.89. The molecule has 0 saturated heterocycles. The van der Waals surface area contributed by atoms with E-state index in [-0.39, 0.29) is 23.8 Å². The van der Waals surface area contributed by atoms with Gasteiger partial charge >= 0.3 is 0 Å². The Morgan fingerprint density at radius 2 is 2.17 bits per heavy atom. The maximum atomic E-state index is 12.1. The Morgan fingerprint density at radius 1 is 1.35 bits per heavy atom. The first kappa shape index (κ1) is 15.7. The average molecular weight is 328 g/mol. The van der Waals surface area contributed by atoms with E-state index in [4.69, 9.17) is 0 Å². The summed E-state index contributed by atoms with van der Waals surface area (Å²) in [5, 5.41) is 7.93. The number of carbonyl (C=O) groups is 2. The molecule has 2 N–H and O–H groups in total. The molecule has 1 aromatic carbocycles. The number of para-hydroxylation sites is 1. The van der Waals surface area contributed by atoms with Crippen molar-refractivity contribution < 1.29 is 9.59 Å². The summed E-state index contributed by atoms with van der Waals surface area (Å²) in [7, 11) is 0. The van der Waals surface area contributed by atoms with Gasteiger partial charge in [0.05, 0.1) is 6.04 Å². The zero-order valence-corrected chi connectivity index (χ0v) is 13.9. The molecule has 0 aliphatic carbocycles. The van der Waals surface area contributed by atoms with Crippen LogP contribution in [0.15, 0.2) is 41.8 Å². The zero-order chi connectivity index (χ0) is 16.2. The number of hydrogen-bond donors (Lipinski definition) is 2. The normalized spacial score (nSPS) is 18.0. The lowest BCUT2D eigenvalue weighted by molar-refractivity contribution is -0.123. The molecule has 0 spiro atoms. The Hall–Kier alpha value is -2.14. The fourth-order valence-corrected chi connectivity index (χ4v) is 3.61. The van der Waals surface area contributed by atoms with E-state index < -0.39 is 0 Å². The molecule has 0 fully saturated rings. The molecule has 2 atom stereocenters. The summed E-state index contributed by atoms with van der Waals surface area (Å²) in [5.74, 6) is -0.118. The van der Waals surface area contributed by atoms with Gasteiger partial charge in [0.1, 0.15) is 0 Å². The van der Waals surface area contributed by atoms with Crippen LogP contribution in [0.5, 0.6) is 0 Å². The highest BCUT2D eigenvalue weighted by Crippen LogP contribution is 2.27. The molecule has 4 nitrogen and oxygen atoms in total. The van der Waals surface area contributed by atoms with E-state index in [1.807, 2.05) is 48.7 Å². The van der Waals surface area contributed by atoms with Crippen molar-refractivity contribution in [3.05, 3.63) is 52.2 Å². The van der Waals surface area contributed by atoms with Gasteiger partial charge in [0.15, 0.2) is 0 Å². The second kappa shape index (κ2) is 6.96. The molecule has 23 heavy (non-hydrogen) atoms. The minimum atomic E-state index is -0.132. The molecule has 1 aliphatic heterocycles. The smallest absolute Gasteiger partial charge is 0.227 e. The highest BCUT2D eigenvalue weighted by molar-refractivity contribution is 7.10. The van der Waals surface area contributed by atoms with Crippen LogP contribution >= 0.6 is 11.3 Å². The first-order valence-corrected chi connectivity index (χ1v) is 8.73. The number of thiophene rings is 1. The van der Waals surface area contributed by atoms with Gasteiger partial charge in [-0.25, -0.2) is 0 Å². The quantitative estimate of drug-likeness (QED) is 0.882. The predicted octanol–water partition coefficient (Wildman–Crippen LogP) is 3.52. The molecule has 0 saturated carbocycles. The van der Waals surface area contributed by atoms with Crippen molar-refractivity contribution >= 4 is 28.8 Å². The summed E-state index contributed by atoms with van der Waals surface area (Å²) in [6, 6.07) is 11.8. The average Bonchev–Trinajstić information content (AvgIpc) is 3.07. The highest BCUT2D eigenvalue weighted by Gasteiger charge is 2.26. The summed E-state index contributed by atoms with van der Waals surface area (Å²) in [6.07, 6.45) is 1.65. The van der Waals surface area contributed by atoms with Crippen molar-refractivity contribution in [2.75, 3.05) is 5.32 Å².